The lowest BCUT2D eigenvalue weighted by molar-refractivity contribution is -0.123. The molecule has 0 spiro atoms. The highest BCUT2D eigenvalue weighted by Crippen LogP contribution is 2.21. The zero-order valence-corrected chi connectivity index (χ0v) is 14.7. The minimum absolute atomic E-state index is 0.313. The average molecular weight is 380 g/mol. The monoisotopic (exact) mass is 380 g/mol. The van der Waals surface area contributed by atoms with Gasteiger partial charge in [-0.2, -0.15) is 0 Å². The van der Waals surface area contributed by atoms with E-state index in [1.165, 1.54) is 24.3 Å². The lowest BCUT2D eigenvalue weighted by Gasteiger charge is -2.10. The summed E-state index contributed by atoms with van der Waals surface area (Å²) >= 11 is 0. The van der Waals surface area contributed by atoms with Crippen molar-refractivity contribution in [1.29, 1.82) is 0 Å². The zero-order chi connectivity index (χ0) is 19.8. The van der Waals surface area contributed by atoms with E-state index >= 15 is 0 Å². The molecule has 28 heavy (non-hydrogen) atoms. The van der Waals surface area contributed by atoms with Crippen molar-refractivity contribution >= 4 is 11.8 Å². The van der Waals surface area contributed by atoms with Gasteiger partial charge in [0.2, 0.25) is 0 Å². The Balaban J connectivity index is 1.49. The summed E-state index contributed by atoms with van der Waals surface area (Å²) in [4.78, 5) is 24.0. The second-order valence-corrected chi connectivity index (χ2v) is 5.69. The summed E-state index contributed by atoms with van der Waals surface area (Å²) in [6, 6.07) is 21.0. The molecular weight excluding hydrogens is 363 g/mol. The molecular formula is C21H17FN2O4. The van der Waals surface area contributed by atoms with Crippen LogP contribution in [-0.4, -0.2) is 18.4 Å². The molecule has 2 N–H and O–H groups in total. The van der Waals surface area contributed by atoms with Gasteiger partial charge >= 0.3 is 0 Å². The molecule has 6 nitrogen and oxygen atoms in total. The third-order valence-electron chi connectivity index (χ3n) is 3.57. The molecule has 2 amide bonds. The molecule has 3 aromatic carbocycles. The Morgan fingerprint density at radius 3 is 2.25 bits per heavy atom. The first kappa shape index (κ1) is 18.9. The van der Waals surface area contributed by atoms with E-state index < -0.39 is 17.6 Å². The van der Waals surface area contributed by atoms with Crippen molar-refractivity contribution < 1.29 is 23.5 Å². The van der Waals surface area contributed by atoms with Gasteiger partial charge in [-0.25, -0.2) is 4.39 Å². The van der Waals surface area contributed by atoms with Crippen LogP contribution in [0.1, 0.15) is 10.4 Å². The van der Waals surface area contributed by atoms with E-state index in [0.717, 1.165) is 0 Å². The van der Waals surface area contributed by atoms with Gasteiger partial charge in [-0.1, -0.05) is 24.3 Å². The molecule has 0 atom stereocenters. The number of carbonyl (C=O) groups excluding carboxylic acids is 2. The van der Waals surface area contributed by atoms with Crippen LogP contribution in [-0.2, 0) is 4.79 Å². The Morgan fingerprint density at radius 2 is 1.50 bits per heavy atom. The van der Waals surface area contributed by atoms with Crippen molar-refractivity contribution in [2.45, 2.75) is 0 Å². The van der Waals surface area contributed by atoms with Crippen molar-refractivity contribution in [1.82, 2.24) is 10.9 Å². The van der Waals surface area contributed by atoms with Crippen molar-refractivity contribution in [3.8, 4) is 17.2 Å². The van der Waals surface area contributed by atoms with Crippen LogP contribution in [0.15, 0.2) is 78.9 Å². The number of amides is 2. The molecule has 3 aromatic rings. The van der Waals surface area contributed by atoms with E-state index in [2.05, 4.69) is 10.9 Å². The number of para-hydroxylation sites is 1. The maximum absolute atomic E-state index is 12.8. The molecule has 0 radical (unpaired) electrons. The van der Waals surface area contributed by atoms with Gasteiger partial charge in [-0.15, -0.1) is 0 Å². The highest BCUT2D eigenvalue weighted by atomic mass is 19.1. The fourth-order valence-electron chi connectivity index (χ4n) is 2.24. The predicted molar refractivity (Wildman–Crippen MR) is 100 cm³/mol. The minimum Gasteiger partial charge on any atom is -0.484 e. The van der Waals surface area contributed by atoms with Crippen molar-refractivity contribution in [3.05, 3.63) is 90.2 Å². The quantitative estimate of drug-likeness (QED) is 0.642. The third-order valence-corrected chi connectivity index (χ3v) is 3.57. The Kier molecular flexibility index (Phi) is 6.20. The van der Waals surface area contributed by atoms with Gasteiger partial charge in [0.05, 0.1) is 0 Å². The maximum Gasteiger partial charge on any atom is 0.276 e. The van der Waals surface area contributed by atoms with Crippen LogP contribution in [0.25, 0.3) is 0 Å². The highest BCUT2D eigenvalue weighted by molar-refractivity contribution is 5.95. The molecule has 0 aromatic heterocycles. The topological polar surface area (TPSA) is 76.7 Å². The summed E-state index contributed by atoms with van der Waals surface area (Å²) in [6.07, 6.45) is 0. The van der Waals surface area contributed by atoms with Crippen LogP contribution in [0.4, 0.5) is 4.39 Å². The molecule has 0 saturated heterocycles. The molecule has 7 heteroatoms. The standard InChI is InChI=1S/C21H17FN2O4/c22-16-9-11-17(12-10-16)27-14-20(25)23-24-21(26)15-5-4-8-19(13-15)28-18-6-2-1-3-7-18/h1-13H,14H2,(H,23,25)(H,24,26). The molecule has 0 saturated carbocycles. The van der Waals surface area contributed by atoms with E-state index in [4.69, 9.17) is 9.47 Å². The zero-order valence-electron chi connectivity index (χ0n) is 14.7. The third kappa shape index (κ3) is 5.57. The molecule has 0 bridgehead atoms. The number of hydrazine groups is 1. The molecule has 0 aliphatic carbocycles. The molecule has 0 aliphatic rings. The first-order valence-electron chi connectivity index (χ1n) is 8.41. The number of ether oxygens (including phenoxy) is 2. The average Bonchev–Trinajstić information content (AvgIpc) is 2.72. The Hall–Kier alpha value is -3.87. The maximum atomic E-state index is 12.8. The van der Waals surface area contributed by atoms with Gasteiger partial charge in [0.25, 0.3) is 11.8 Å². The van der Waals surface area contributed by atoms with Crippen molar-refractivity contribution in [2.75, 3.05) is 6.61 Å². The lowest BCUT2D eigenvalue weighted by Crippen LogP contribution is -2.43. The van der Waals surface area contributed by atoms with Gasteiger partial charge in [0, 0.05) is 5.56 Å². The number of carbonyl (C=O) groups is 2. The smallest absolute Gasteiger partial charge is 0.276 e. The first-order valence-corrected chi connectivity index (χ1v) is 8.41. The van der Waals surface area contributed by atoms with E-state index in [-0.39, 0.29) is 6.61 Å². The fourth-order valence-corrected chi connectivity index (χ4v) is 2.24. The SMILES string of the molecule is O=C(COc1ccc(F)cc1)NNC(=O)c1cccc(Oc2ccccc2)c1. The largest absolute Gasteiger partial charge is 0.484 e. The molecule has 0 unspecified atom stereocenters. The summed E-state index contributed by atoms with van der Waals surface area (Å²) in [6.45, 7) is -0.330. The van der Waals surface area contributed by atoms with Crippen LogP contribution in [0, 0.1) is 5.82 Å². The summed E-state index contributed by atoms with van der Waals surface area (Å²) in [5.74, 6) is 0.00955. The number of hydrogen-bond donors (Lipinski definition) is 2. The molecule has 0 heterocycles. The summed E-state index contributed by atoms with van der Waals surface area (Å²) < 4.78 is 23.7. The second kappa shape index (κ2) is 9.18. The van der Waals surface area contributed by atoms with Crippen LogP contribution < -0.4 is 20.3 Å². The Morgan fingerprint density at radius 1 is 0.786 bits per heavy atom. The van der Waals surface area contributed by atoms with E-state index in [9.17, 15) is 14.0 Å². The summed E-state index contributed by atoms with van der Waals surface area (Å²) in [5, 5.41) is 0. The van der Waals surface area contributed by atoms with Crippen molar-refractivity contribution in [3.63, 3.8) is 0 Å². The fraction of sp³-hybridized carbons (Fsp3) is 0.0476. The molecule has 3 rings (SSSR count). The molecule has 142 valence electrons. The number of hydrogen-bond acceptors (Lipinski definition) is 4. The Bertz CT molecular complexity index is 946. The number of nitrogens with one attached hydrogen (secondary N) is 2. The normalized spacial score (nSPS) is 10.0. The Labute approximate surface area is 160 Å². The van der Waals surface area contributed by atoms with E-state index in [1.807, 2.05) is 18.2 Å². The van der Waals surface area contributed by atoms with Gasteiger partial charge in [-0.05, 0) is 54.6 Å². The van der Waals surface area contributed by atoms with E-state index in [0.29, 0.717) is 22.8 Å². The predicted octanol–water partition coefficient (Wildman–Crippen LogP) is 3.46. The number of rotatable bonds is 6. The van der Waals surface area contributed by atoms with Crippen LogP contribution in [0.5, 0.6) is 17.2 Å². The minimum atomic E-state index is -0.561. The number of halogens is 1. The number of benzene rings is 3. The molecule has 0 fully saturated rings. The van der Waals surface area contributed by atoms with Gasteiger partial charge in [0.1, 0.15) is 23.1 Å². The van der Waals surface area contributed by atoms with Crippen LogP contribution in [0.3, 0.4) is 0 Å². The second-order valence-electron chi connectivity index (χ2n) is 5.69. The first-order chi connectivity index (χ1) is 13.6. The summed E-state index contributed by atoms with van der Waals surface area (Å²) in [5.41, 5.74) is 4.87. The van der Waals surface area contributed by atoms with Crippen LogP contribution in [0.2, 0.25) is 0 Å². The lowest BCUT2D eigenvalue weighted by atomic mass is 10.2. The van der Waals surface area contributed by atoms with Gasteiger partial charge in [-0.3, -0.25) is 20.4 Å². The molecule has 0 aliphatic heterocycles. The summed E-state index contributed by atoms with van der Waals surface area (Å²) in [7, 11) is 0. The van der Waals surface area contributed by atoms with Crippen LogP contribution >= 0.6 is 0 Å². The van der Waals surface area contributed by atoms with Gasteiger partial charge in [0.15, 0.2) is 6.61 Å². The van der Waals surface area contributed by atoms with Gasteiger partial charge < -0.3 is 9.47 Å². The van der Waals surface area contributed by atoms with Crippen molar-refractivity contribution in [2.24, 2.45) is 0 Å². The van der Waals surface area contributed by atoms with E-state index in [1.54, 1.807) is 36.4 Å². The highest BCUT2D eigenvalue weighted by Gasteiger charge is 2.09.